The highest BCUT2D eigenvalue weighted by Gasteiger charge is 2.02. The van der Waals surface area contributed by atoms with Crippen LogP contribution >= 0.6 is 11.6 Å². The van der Waals surface area contributed by atoms with Gasteiger partial charge >= 0.3 is 0 Å². The molecule has 0 aliphatic carbocycles. The highest BCUT2D eigenvalue weighted by atomic mass is 35.5. The maximum atomic E-state index is 5.91. The van der Waals surface area contributed by atoms with Crippen LogP contribution in [0.4, 0.5) is 0 Å². The second kappa shape index (κ2) is 6.70. The first kappa shape index (κ1) is 12.3. The minimum absolute atomic E-state index is 0.553. The number of benzene rings is 1. The molecule has 1 aromatic rings. The van der Waals surface area contributed by atoms with Crippen molar-refractivity contribution < 1.29 is 4.74 Å². The maximum Gasteiger partial charge on any atom is 0.138 e. The molecule has 0 atom stereocenters. The topological polar surface area (TPSA) is 12.5 Å². The van der Waals surface area contributed by atoms with E-state index in [9.17, 15) is 0 Å². The van der Waals surface area contributed by atoms with E-state index >= 15 is 0 Å². The lowest BCUT2D eigenvalue weighted by molar-refractivity contribution is 0.223. The van der Waals surface area contributed by atoms with Crippen molar-refractivity contribution in [2.45, 2.75) is 13.8 Å². The first-order valence-corrected chi connectivity index (χ1v) is 5.67. The fourth-order valence-corrected chi connectivity index (χ4v) is 1.52. The largest absolute Gasteiger partial charge is 0.491 e. The molecule has 0 aromatic heterocycles. The van der Waals surface area contributed by atoms with Gasteiger partial charge in [-0.3, -0.25) is 0 Å². The normalized spacial score (nSPS) is 10.7. The van der Waals surface area contributed by atoms with Crippen molar-refractivity contribution >= 4 is 11.6 Å². The van der Waals surface area contributed by atoms with Crippen LogP contribution in [-0.2, 0) is 0 Å². The molecule has 0 N–H and O–H groups in total. The average Bonchev–Trinajstić information content (AvgIpc) is 2.27. The van der Waals surface area contributed by atoms with Crippen LogP contribution in [-0.4, -0.2) is 31.1 Å². The lowest BCUT2D eigenvalue weighted by Gasteiger charge is -2.18. The van der Waals surface area contributed by atoms with Crippen molar-refractivity contribution in [1.29, 1.82) is 0 Å². The van der Waals surface area contributed by atoms with E-state index in [0.717, 1.165) is 19.6 Å². The Morgan fingerprint density at radius 3 is 2.73 bits per heavy atom. The van der Waals surface area contributed by atoms with Gasteiger partial charge in [-0.2, -0.15) is 0 Å². The van der Waals surface area contributed by atoms with Gasteiger partial charge in [0, 0.05) is 12.6 Å². The van der Waals surface area contributed by atoms with E-state index < -0.39 is 0 Å². The average molecular weight is 227 g/mol. The molecule has 1 aromatic carbocycles. The number of likely N-dealkylation sites (N-methyl/N-ethyl adjacent to an activating group) is 1. The molecule has 0 heterocycles. The van der Waals surface area contributed by atoms with E-state index in [1.54, 1.807) is 6.07 Å². The van der Waals surface area contributed by atoms with Crippen LogP contribution in [0.2, 0.25) is 5.02 Å². The quantitative estimate of drug-likeness (QED) is 0.740. The third-order valence-corrected chi connectivity index (χ3v) is 2.63. The van der Waals surface area contributed by atoms with Gasteiger partial charge in [-0.1, -0.05) is 37.6 Å². The second-order valence-electron chi connectivity index (χ2n) is 3.22. The molecule has 83 valence electrons. The molecule has 1 radical (unpaired) electrons. The van der Waals surface area contributed by atoms with Crippen LogP contribution in [0.3, 0.4) is 0 Å². The number of hydrogen-bond acceptors (Lipinski definition) is 2. The van der Waals surface area contributed by atoms with Gasteiger partial charge in [0.2, 0.25) is 0 Å². The Balaban J connectivity index is 2.34. The van der Waals surface area contributed by atoms with E-state index in [2.05, 4.69) is 24.8 Å². The Bertz CT molecular complexity index is 287. The Morgan fingerprint density at radius 1 is 1.40 bits per heavy atom. The highest BCUT2D eigenvalue weighted by molar-refractivity contribution is 6.31. The number of hydrogen-bond donors (Lipinski definition) is 0. The Kier molecular flexibility index (Phi) is 5.51. The predicted molar refractivity (Wildman–Crippen MR) is 63.6 cm³/mol. The van der Waals surface area contributed by atoms with Crippen LogP contribution in [0, 0.1) is 6.07 Å². The van der Waals surface area contributed by atoms with Crippen molar-refractivity contribution in [2.24, 2.45) is 0 Å². The van der Waals surface area contributed by atoms with Crippen molar-refractivity contribution in [1.82, 2.24) is 4.90 Å². The molecule has 0 aliphatic rings. The van der Waals surface area contributed by atoms with Gasteiger partial charge in [0.25, 0.3) is 0 Å². The molecule has 0 unspecified atom stereocenters. The van der Waals surface area contributed by atoms with Crippen molar-refractivity contribution in [3.63, 3.8) is 0 Å². The van der Waals surface area contributed by atoms with E-state index in [-0.39, 0.29) is 0 Å². The van der Waals surface area contributed by atoms with Gasteiger partial charge < -0.3 is 9.64 Å². The standard InChI is InChI=1S/C12H17ClNO/c1-3-14(4-2)9-10-15-12-8-6-5-7-11(12)13/h5-6,8H,3-4,9-10H2,1-2H3. The zero-order chi connectivity index (χ0) is 11.1. The molecule has 0 bridgehead atoms. The molecule has 0 saturated carbocycles. The number of nitrogens with zero attached hydrogens (tertiary/aromatic N) is 1. The first-order chi connectivity index (χ1) is 7.27. The summed E-state index contributed by atoms with van der Waals surface area (Å²) in [6.07, 6.45) is 0. The van der Waals surface area contributed by atoms with Gasteiger partial charge in [0.05, 0.1) is 5.02 Å². The van der Waals surface area contributed by atoms with Gasteiger partial charge in [-0.15, -0.1) is 0 Å². The zero-order valence-electron chi connectivity index (χ0n) is 9.29. The summed E-state index contributed by atoms with van der Waals surface area (Å²) in [5.74, 6) is 0.714. The molecule has 3 heteroatoms. The van der Waals surface area contributed by atoms with E-state index in [1.165, 1.54) is 0 Å². The van der Waals surface area contributed by atoms with E-state index in [0.29, 0.717) is 17.4 Å². The Labute approximate surface area is 96.8 Å². The Hall–Kier alpha value is -0.730. The van der Waals surface area contributed by atoms with Crippen LogP contribution in [0.5, 0.6) is 5.75 Å². The third-order valence-electron chi connectivity index (χ3n) is 2.33. The highest BCUT2D eigenvalue weighted by Crippen LogP contribution is 2.22. The molecule has 0 fully saturated rings. The van der Waals surface area contributed by atoms with E-state index in [1.807, 2.05) is 12.1 Å². The smallest absolute Gasteiger partial charge is 0.138 e. The molecule has 1 rings (SSSR count). The van der Waals surface area contributed by atoms with Crippen molar-refractivity contribution in [3.05, 3.63) is 29.3 Å². The zero-order valence-corrected chi connectivity index (χ0v) is 10.0. The number of halogens is 1. The summed E-state index contributed by atoms with van der Waals surface area (Å²) >= 11 is 5.91. The van der Waals surface area contributed by atoms with Gasteiger partial charge in [0.15, 0.2) is 0 Å². The summed E-state index contributed by atoms with van der Waals surface area (Å²) in [5, 5.41) is 0.553. The molecule has 15 heavy (non-hydrogen) atoms. The van der Waals surface area contributed by atoms with Crippen molar-refractivity contribution in [3.8, 4) is 5.75 Å². The minimum Gasteiger partial charge on any atom is -0.491 e. The summed E-state index contributed by atoms with van der Waals surface area (Å²) in [4.78, 5) is 2.31. The molecular formula is C12H17ClNO. The predicted octanol–water partition coefficient (Wildman–Crippen LogP) is 2.86. The second-order valence-corrected chi connectivity index (χ2v) is 3.60. The minimum atomic E-state index is 0.553. The summed E-state index contributed by atoms with van der Waals surface area (Å²) in [7, 11) is 0. The summed E-state index contributed by atoms with van der Waals surface area (Å²) < 4.78 is 5.57. The molecule has 0 amide bonds. The molecule has 0 spiro atoms. The summed E-state index contributed by atoms with van der Waals surface area (Å²) in [6, 6.07) is 8.41. The van der Waals surface area contributed by atoms with Gasteiger partial charge in [0.1, 0.15) is 12.4 Å². The molecular weight excluding hydrogens is 210 g/mol. The van der Waals surface area contributed by atoms with Crippen molar-refractivity contribution in [2.75, 3.05) is 26.2 Å². The van der Waals surface area contributed by atoms with Crippen LogP contribution in [0.25, 0.3) is 0 Å². The monoisotopic (exact) mass is 226 g/mol. The fourth-order valence-electron chi connectivity index (χ4n) is 1.34. The van der Waals surface area contributed by atoms with E-state index in [4.69, 9.17) is 16.3 Å². The Morgan fingerprint density at radius 2 is 2.13 bits per heavy atom. The van der Waals surface area contributed by atoms with Crippen LogP contribution in [0.1, 0.15) is 13.8 Å². The van der Waals surface area contributed by atoms with Crippen LogP contribution < -0.4 is 4.74 Å². The van der Waals surface area contributed by atoms with Gasteiger partial charge in [-0.25, -0.2) is 0 Å². The lowest BCUT2D eigenvalue weighted by Crippen LogP contribution is -2.27. The third kappa shape index (κ3) is 4.10. The lowest BCUT2D eigenvalue weighted by atomic mass is 10.3. The molecule has 2 nitrogen and oxygen atoms in total. The maximum absolute atomic E-state index is 5.91. The number of ether oxygens (including phenoxy) is 1. The fraction of sp³-hybridized carbons (Fsp3) is 0.500. The SMILES string of the molecule is CCN(CC)CCOc1ccc[c]c1Cl. The summed E-state index contributed by atoms with van der Waals surface area (Å²) in [6.45, 7) is 7.99. The van der Waals surface area contributed by atoms with Crippen LogP contribution in [0.15, 0.2) is 18.2 Å². The van der Waals surface area contributed by atoms with Gasteiger partial charge in [-0.05, 0) is 19.2 Å². The molecule has 0 saturated heterocycles. The number of rotatable bonds is 6. The first-order valence-electron chi connectivity index (χ1n) is 5.29. The molecule has 0 aliphatic heterocycles. The summed E-state index contributed by atoms with van der Waals surface area (Å²) in [5.41, 5.74) is 0.